The number of aromatic nitrogens is 2. The van der Waals surface area contributed by atoms with Gasteiger partial charge in [-0.1, -0.05) is 0 Å². The van der Waals surface area contributed by atoms with Gasteiger partial charge < -0.3 is 11.1 Å². The first kappa shape index (κ1) is 13.0. The van der Waals surface area contributed by atoms with Gasteiger partial charge >= 0.3 is 0 Å². The van der Waals surface area contributed by atoms with Crippen molar-refractivity contribution in [1.82, 2.24) is 9.97 Å². The number of carbonyl (C=O) groups is 1. The molecule has 1 aromatic heterocycles. The number of benzene rings is 1. The van der Waals surface area contributed by atoms with E-state index in [4.69, 9.17) is 5.73 Å². The van der Waals surface area contributed by atoms with Crippen molar-refractivity contribution in [3.05, 3.63) is 45.2 Å². The van der Waals surface area contributed by atoms with Gasteiger partial charge in [0.2, 0.25) is 0 Å². The first-order valence-electron chi connectivity index (χ1n) is 4.90. The van der Waals surface area contributed by atoms with E-state index in [0.717, 1.165) is 4.47 Å². The summed E-state index contributed by atoms with van der Waals surface area (Å²) < 4.78 is 1.36. The van der Waals surface area contributed by atoms with Crippen LogP contribution in [0, 0.1) is 0 Å². The fourth-order valence-corrected chi connectivity index (χ4v) is 1.70. The summed E-state index contributed by atoms with van der Waals surface area (Å²) in [6.07, 6.45) is 2.97. The van der Waals surface area contributed by atoms with Crippen LogP contribution in [0.1, 0.15) is 10.4 Å². The predicted octanol–water partition coefficient (Wildman–Crippen LogP) is 2.84. The number of carbonyl (C=O) groups excluding carboxylic acids is 1. The molecule has 0 aliphatic rings. The number of hydrogen-bond acceptors (Lipinski definition) is 4. The number of nitrogens with one attached hydrogen (secondary N) is 1. The third-order valence-corrected chi connectivity index (χ3v) is 3.25. The number of amides is 1. The molecule has 0 radical (unpaired) electrons. The van der Waals surface area contributed by atoms with Crippen LogP contribution in [-0.4, -0.2) is 15.9 Å². The van der Waals surface area contributed by atoms with Gasteiger partial charge in [0, 0.05) is 15.7 Å². The van der Waals surface area contributed by atoms with Crippen LogP contribution in [0.5, 0.6) is 0 Å². The molecule has 0 bridgehead atoms. The lowest BCUT2D eigenvalue weighted by Crippen LogP contribution is -2.13. The smallest absolute Gasteiger partial charge is 0.256 e. The molecule has 1 heterocycles. The Morgan fingerprint density at radius 1 is 1.22 bits per heavy atom. The molecule has 92 valence electrons. The topological polar surface area (TPSA) is 80.9 Å². The lowest BCUT2D eigenvalue weighted by Gasteiger charge is -2.05. The van der Waals surface area contributed by atoms with Gasteiger partial charge in [-0.25, -0.2) is 9.97 Å². The Hall–Kier alpha value is -1.47. The highest BCUT2D eigenvalue weighted by Crippen LogP contribution is 2.20. The Balaban J connectivity index is 2.16. The van der Waals surface area contributed by atoms with E-state index in [2.05, 4.69) is 47.1 Å². The second-order valence-electron chi connectivity index (χ2n) is 3.41. The van der Waals surface area contributed by atoms with Gasteiger partial charge in [0.1, 0.15) is 4.60 Å². The lowest BCUT2D eigenvalue weighted by molar-refractivity contribution is 0.102. The highest BCUT2D eigenvalue weighted by atomic mass is 79.9. The summed E-state index contributed by atoms with van der Waals surface area (Å²) in [6.45, 7) is 0. The molecule has 5 nitrogen and oxygen atoms in total. The van der Waals surface area contributed by atoms with Gasteiger partial charge in [0.15, 0.2) is 5.82 Å². The van der Waals surface area contributed by atoms with E-state index in [1.165, 1.54) is 12.4 Å². The van der Waals surface area contributed by atoms with Crippen molar-refractivity contribution >= 4 is 49.3 Å². The monoisotopic (exact) mass is 370 g/mol. The van der Waals surface area contributed by atoms with Crippen molar-refractivity contribution in [1.29, 1.82) is 0 Å². The normalized spacial score (nSPS) is 10.1. The number of nitrogen functional groups attached to an aromatic ring is 1. The van der Waals surface area contributed by atoms with Gasteiger partial charge in [0.25, 0.3) is 5.91 Å². The molecule has 0 spiro atoms. The maximum atomic E-state index is 11.9. The van der Waals surface area contributed by atoms with Crippen LogP contribution < -0.4 is 11.1 Å². The van der Waals surface area contributed by atoms with Gasteiger partial charge in [-0.05, 0) is 50.1 Å². The molecule has 1 amide bonds. The first-order valence-corrected chi connectivity index (χ1v) is 6.49. The molecule has 0 aliphatic heterocycles. The molecular weight excluding hydrogens is 364 g/mol. The third kappa shape index (κ3) is 3.05. The Morgan fingerprint density at radius 3 is 2.61 bits per heavy atom. The van der Waals surface area contributed by atoms with Crippen LogP contribution in [0.25, 0.3) is 0 Å². The lowest BCUT2D eigenvalue weighted by atomic mass is 10.2. The summed E-state index contributed by atoms with van der Waals surface area (Å²) in [7, 11) is 0. The second-order valence-corrected chi connectivity index (χ2v) is 5.08. The molecule has 7 heteroatoms. The minimum atomic E-state index is -0.286. The summed E-state index contributed by atoms with van der Waals surface area (Å²) >= 11 is 6.44. The van der Waals surface area contributed by atoms with E-state index in [9.17, 15) is 4.79 Å². The first-order chi connectivity index (χ1) is 8.56. The quantitative estimate of drug-likeness (QED) is 0.795. The Labute approximate surface area is 120 Å². The van der Waals surface area contributed by atoms with E-state index in [1.54, 1.807) is 18.2 Å². The maximum Gasteiger partial charge on any atom is 0.256 e. The number of anilines is 2. The van der Waals surface area contributed by atoms with Gasteiger partial charge in [-0.2, -0.15) is 0 Å². The van der Waals surface area contributed by atoms with E-state index >= 15 is 0 Å². The van der Waals surface area contributed by atoms with Crippen molar-refractivity contribution in [2.75, 3.05) is 11.1 Å². The van der Waals surface area contributed by atoms with Gasteiger partial charge in [-0.15, -0.1) is 0 Å². The summed E-state index contributed by atoms with van der Waals surface area (Å²) in [5, 5.41) is 2.63. The second kappa shape index (κ2) is 5.45. The molecule has 1 aromatic carbocycles. The van der Waals surface area contributed by atoms with Gasteiger partial charge in [-0.3, -0.25) is 4.79 Å². The molecular formula is C11H8Br2N4O. The van der Waals surface area contributed by atoms with Crippen LogP contribution >= 0.6 is 31.9 Å². The van der Waals surface area contributed by atoms with Crippen LogP contribution in [-0.2, 0) is 0 Å². The maximum absolute atomic E-state index is 11.9. The number of rotatable bonds is 2. The number of nitrogens with zero attached hydrogens (tertiary/aromatic N) is 2. The van der Waals surface area contributed by atoms with E-state index in [0.29, 0.717) is 21.7 Å². The minimum Gasteiger partial charge on any atom is -0.398 e. The number of hydrogen-bond donors (Lipinski definition) is 2. The third-order valence-electron chi connectivity index (χ3n) is 2.12. The Bertz CT molecular complexity index is 586. The molecule has 0 aliphatic carbocycles. The van der Waals surface area contributed by atoms with Gasteiger partial charge in [0.05, 0.1) is 12.4 Å². The molecule has 0 fully saturated rings. The molecule has 18 heavy (non-hydrogen) atoms. The predicted molar refractivity (Wildman–Crippen MR) is 76.2 cm³/mol. The summed E-state index contributed by atoms with van der Waals surface area (Å²) in [6, 6.07) is 4.98. The van der Waals surface area contributed by atoms with Crippen LogP contribution in [0.3, 0.4) is 0 Å². The summed E-state index contributed by atoms with van der Waals surface area (Å²) in [5.41, 5.74) is 6.67. The molecule has 0 saturated heterocycles. The van der Waals surface area contributed by atoms with Crippen LogP contribution in [0.4, 0.5) is 11.5 Å². The van der Waals surface area contributed by atoms with Crippen LogP contribution in [0.15, 0.2) is 39.7 Å². The van der Waals surface area contributed by atoms with Crippen LogP contribution in [0.2, 0.25) is 0 Å². The SMILES string of the molecule is Nc1cc(C(=O)Nc2cnc(Br)cn2)ccc1Br. The Kier molecular flexibility index (Phi) is 3.93. The molecule has 3 N–H and O–H groups in total. The number of nitrogens with two attached hydrogens (primary N) is 1. The molecule has 2 rings (SSSR count). The summed E-state index contributed by atoms with van der Waals surface area (Å²) in [4.78, 5) is 19.9. The average molecular weight is 372 g/mol. The zero-order chi connectivity index (χ0) is 13.1. The van der Waals surface area contributed by atoms with Crippen molar-refractivity contribution in [3.63, 3.8) is 0 Å². The minimum absolute atomic E-state index is 0.286. The highest BCUT2D eigenvalue weighted by molar-refractivity contribution is 9.10. The fourth-order valence-electron chi connectivity index (χ4n) is 1.25. The van der Waals surface area contributed by atoms with Crippen molar-refractivity contribution in [2.45, 2.75) is 0 Å². The standard InChI is InChI=1S/C11H8Br2N4O/c12-7-2-1-6(3-8(7)14)11(18)17-10-5-15-9(13)4-16-10/h1-5H,14H2,(H,16,17,18). The highest BCUT2D eigenvalue weighted by Gasteiger charge is 2.08. The van der Waals surface area contributed by atoms with E-state index < -0.39 is 0 Å². The fraction of sp³-hybridized carbons (Fsp3) is 0. The molecule has 0 saturated carbocycles. The van der Waals surface area contributed by atoms with Crippen molar-refractivity contribution in [3.8, 4) is 0 Å². The zero-order valence-electron chi connectivity index (χ0n) is 9.02. The van der Waals surface area contributed by atoms with E-state index in [1.807, 2.05) is 0 Å². The summed E-state index contributed by atoms with van der Waals surface area (Å²) in [5.74, 6) is 0.0931. The number of halogens is 2. The Morgan fingerprint density at radius 2 is 2.00 bits per heavy atom. The van der Waals surface area contributed by atoms with E-state index in [-0.39, 0.29) is 5.91 Å². The average Bonchev–Trinajstić information content (AvgIpc) is 2.35. The molecule has 0 atom stereocenters. The zero-order valence-corrected chi connectivity index (χ0v) is 12.2. The van der Waals surface area contributed by atoms with Crippen molar-refractivity contribution < 1.29 is 4.79 Å². The molecule has 2 aromatic rings. The largest absolute Gasteiger partial charge is 0.398 e. The van der Waals surface area contributed by atoms with Crippen molar-refractivity contribution in [2.24, 2.45) is 0 Å². The molecule has 0 unspecified atom stereocenters.